The predicted octanol–water partition coefficient (Wildman–Crippen LogP) is -0.672. The molecule has 0 aliphatic heterocycles. The van der Waals surface area contributed by atoms with Gasteiger partial charge in [-0.25, -0.2) is 10.2 Å². The molecule has 0 aromatic carbocycles. The number of halogens is 1. The Balaban J connectivity index is 3.57. The summed E-state index contributed by atoms with van der Waals surface area (Å²) in [7, 11) is 0. The molecule has 0 aromatic rings. The zero-order chi connectivity index (χ0) is 20.2. The molecule has 0 spiro atoms. The molecule has 0 aromatic heterocycles. The van der Waals surface area contributed by atoms with Gasteiger partial charge in [-0.2, -0.15) is 0 Å². The lowest BCUT2D eigenvalue weighted by Crippen LogP contribution is -2.43. The van der Waals surface area contributed by atoms with E-state index in [1.54, 1.807) is 0 Å². The minimum atomic E-state index is -2.16. The number of nitrogens with two attached hydrogens (primary N) is 2. The fraction of sp³-hybridized carbons (Fsp3) is 0.824. The van der Waals surface area contributed by atoms with Gasteiger partial charge < -0.3 is 27.1 Å². The molecule has 0 fully saturated rings. The number of nitrogens with one attached hydrogen (secondary N) is 4. The smallest absolute Gasteiger partial charge is 0.264 e. The SMILES string of the molecule is NCCCNCCCCNC(=O)C(F)C(=O)NCCCCCCN=CNN. The zero-order valence-corrected chi connectivity index (χ0v) is 16.1. The molecule has 0 aliphatic carbocycles. The molecule has 0 saturated heterocycles. The van der Waals surface area contributed by atoms with Gasteiger partial charge >= 0.3 is 0 Å². The monoisotopic (exact) mass is 389 g/mol. The summed E-state index contributed by atoms with van der Waals surface area (Å²) in [6.07, 6.45) is 5.30. The predicted molar refractivity (Wildman–Crippen MR) is 106 cm³/mol. The fourth-order valence-electron chi connectivity index (χ4n) is 2.25. The highest BCUT2D eigenvalue weighted by Gasteiger charge is 2.24. The second kappa shape index (κ2) is 19.0. The van der Waals surface area contributed by atoms with Crippen LogP contribution in [0.1, 0.15) is 44.9 Å². The molecule has 27 heavy (non-hydrogen) atoms. The van der Waals surface area contributed by atoms with Gasteiger partial charge in [0.1, 0.15) is 0 Å². The van der Waals surface area contributed by atoms with Gasteiger partial charge in [0.25, 0.3) is 18.0 Å². The molecular weight excluding hydrogens is 353 g/mol. The van der Waals surface area contributed by atoms with Crippen LogP contribution in [0.4, 0.5) is 4.39 Å². The lowest BCUT2D eigenvalue weighted by atomic mass is 10.2. The molecular formula is C17H36FN7O2. The second-order valence-electron chi connectivity index (χ2n) is 6.16. The van der Waals surface area contributed by atoms with E-state index in [0.717, 1.165) is 58.0 Å². The van der Waals surface area contributed by atoms with E-state index in [1.807, 2.05) is 0 Å². The van der Waals surface area contributed by atoms with Gasteiger partial charge in [-0.1, -0.05) is 12.8 Å². The fourth-order valence-corrected chi connectivity index (χ4v) is 2.25. The Labute approximate surface area is 161 Å². The molecule has 0 radical (unpaired) electrons. The molecule has 8 N–H and O–H groups in total. The quantitative estimate of drug-likeness (QED) is 0.0457. The van der Waals surface area contributed by atoms with Crippen molar-refractivity contribution in [2.45, 2.75) is 51.1 Å². The minimum Gasteiger partial charge on any atom is -0.353 e. The van der Waals surface area contributed by atoms with Crippen LogP contribution in [0.2, 0.25) is 0 Å². The molecule has 2 amide bonds. The summed E-state index contributed by atoms with van der Waals surface area (Å²) < 4.78 is 13.8. The first kappa shape index (κ1) is 25.2. The lowest BCUT2D eigenvalue weighted by Gasteiger charge is -2.10. The molecule has 1 unspecified atom stereocenters. The van der Waals surface area contributed by atoms with E-state index in [-0.39, 0.29) is 0 Å². The number of nitrogens with zero attached hydrogens (tertiary/aromatic N) is 1. The standard InChI is InChI=1S/C17H36FN7O2/c18-15(17(27)24-13-6-5-9-21-11-7-8-19)16(26)23-12-4-2-1-3-10-22-14-25-20/h14-15,21H,1-13,19-20H2,(H,22,25)(H,23,26)(H,24,27). The van der Waals surface area contributed by atoms with Crippen LogP contribution in [0.25, 0.3) is 0 Å². The van der Waals surface area contributed by atoms with Crippen molar-refractivity contribution >= 4 is 18.2 Å². The van der Waals surface area contributed by atoms with Gasteiger partial charge in [0.2, 0.25) is 0 Å². The van der Waals surface area contributed by atoms with Crippen LogP contribution in [-0.4, -0.2) is 63.6 Å². The number of alkyl halides is 1. The van der Waals surface area contributed by atoms with Crippen LogP contribution in [0.15, 0.2) is 4.99 Å². The normalized spacial score (nSPS) is 12.1. The Hall–Kier alpha value is -1.78. The van der Waals surface area contributed by atoms with Crippen molar-refractivity contribution in [2.24, 2.45) is 16.6 Å². The van der Waals surface area contributed by atoms with Gasteiger partial charge in [0, 0.05) is 19.6 Å². The summed E-state index contributed by atoms with van der Waals surface area (Å²) in [5.41, 5.74) is 7.71. The van der Waals surface area contributed by atoms with Crippen LogP contribution >= 0.6 is 0 Å². The Morgan fingerprint density at radius 3 is 2.07 bits per heavy atom. The number of unbranched alkanes of at least 4 members (excludes halogenated alkanes) is 4. The average molecular weight is 390 g/mol. The van der Waals surface area contributed by atoms with Crippen molar-refractivity contribution in [1.82, 2.24) is 21.4 Å². The maximum absolute atomic E-state index is 13.8. The number of carbonyl (C=O) groups is 2. The van der Waals surface area contributed by atoms with E-state index in [4.69, 9.17) is 11.6 Å². The number of rotatable bonds is 18. The lowest BCUT2D eigenvalue weighted by molar-refractivity contribution is -0.136. The van der Waals surface area contributed by atoms with E-state index in [1.165, 1.54) is 6.34 Å². The maximum atomic E-state index is 13.8. The second-order valence-corrected chi connectivity index (χ2v) is 6.16. The molecule has 0 aliphatic rings. The van der Waals surface area contributed by atoms with E-state index in [9.17, 15) is 14.0 Å². The summed E-state index contributed by atoms with van der Waals surface area (Å²) in [5, 5.41) is 8.12. The molecule has 10 heteroatoms. The van der Waals surface area contributed by atoms with E-state index >= 15 is 0 Å². The van der Waals surface area contributed by atoms with Crippen LogP contribution < -0.4 is 33.0 Å². The van der Waals surface area contributed by atoms with E-state index in [2.05, 4.69) is 26.4 Å². The van der Waals surface area contributed by atoms with Gasteiger partial charge in [-0.15, -0.1) is 0 Å². The van der Waals surface area contributed by atoms with Crippen molar-refractivity contribution < 1.29 is 14.0 Å². The van der Waals surface area contributed by atoms with E-state index < -0.39 is 18.0 Å². The Morgan fingerprint density at radius 2 is 1.44 bits per heavy atom. The molecule has 0 saturated carbocycles. The van der Waals surface area contributed by atoms with Gasteiger partial charge in [0.05, 0.1) is 6.34 Å². The highest BCUT2D eigenvalue weighted by molar-refractivity contribution is 6.03. The Morgan fingerprint density at radius 1 is 0.889 bits per heavy atom. The Kier molecular flexibility index (Phi) is 17.7. The zero-order valence-electron chi connectivity index (χ0n) is 16.1. The van der Waals surface area contributed by atoms with Crippen LogP contribution in [-0.2, 0) is 9.59 Å². The highest BCUT2D eigenvalue weighted by atomic mass is 19.1. The number of hydrogen-bond acceptors (Lipinski definition) is 6. The average Bonchev–Trinajstić information content (AvgIpc) is 2.67. The number of aliphatic imine (C=N–C) groups is 1. The summed E-state index contributed by atoms with van der Waals surface area (Å²) in [4.78, 5) is 27.2. The summed E-state index contributed by atoms with van der Waals surface area (Å²) >= 11 is 0. The molecule has 0 heterocycles. The summed E-state index contributed by atoms with van der Waals surface area (Å²) in [6.45, 7) is 3.75. The highest BCUT2D eigenvalue weighted by Crippen LogP contribution is 1.99. The largest absolute Gasteiger partial charge is 0.353 e. The first-order valence-electron chi connectivity index (χ1n) is 9.68. The first-order chi connectivity index (χ1) is 13.1. The van der Waals surface area contributed by atoms with E-state index in [0.29, 0.717) is 26.2 Å². The summed E-state index contributed by atoms with van der Waals surface area (Å²) in [5.74, 6) is 3.28. The number of amides is 2. The first-order valence-corrected chi connectivity index (χ1v) is 9.68. The number of hydrazine groups is 1. The third kappa shape index (κ3) is 16.1. The van der Waals surface area contributed by atoms with Gasteiger partial charge in [-0.3, -0.25) is 14.6 Å². The molecule has 1 atom stereocenters. The summed E-state index contributed by atoms with van der Waals surface area (Å²) in [6, 6.07) is 0. The van der Waals surface area contributed by atoms with Crippen LogP contribution in [0, 0.1) is 0 Å². The molecule has 0 bridgehead atoms. The van der Waals surface area contributed by atoms with Crippen molar-refractivity contribution in [3.63, 3.8) is 0 Å². The number of hydrogen-bond donors (Lipinski definition) is 6. The van der Waals surface area contributed by atoms with Crippen LogP contribution in [0.3, 0.4) is 0 Å². The van der Waals surface area contributed by atoms with Gasteiger partial charge in [0.15, 0.2) is 0 Å². The number of carbonyl (C=O) groups excluding carboxylic acids is 2. The molecule has 158 valence electrons. The van der Waals surface area contributed by atoms with Crippen molar-refractivity contribution in [1.29, 1.82) is 0 Å². The van der Waals surface area contributed by atoms with Gasteiger partial charge in [-0.05, 0) is 51.7 Å². The third-order valence-corrected chi connectivity index (χ3v) is 3.78. The topological polar surface area (TPSA) is 147 Å². The minimum absolute atomic E-state index is 0.354. The van der Waals surface area contributed by atoms with Crippen molar-refractivity contribution in [3.8, 4) is 0 Å². The van der Waals surface area contributed by atoms with Crippen molar-refractivity contribution in [3.05, 3.63) is 0 Å². The molecule has 9 nitrogen and oxygen atoms in total. The Bertz CT molecular complexity index is 411. The molecule has 0 rings (SSSR count). The van der Waals surface area contributed by atoms with Crippen LogP contribution in [0.5, 0.6) is 0 Å². The maximum Gasteiger partial charge on any atom is 0.264 e. The van der Waals surface area contributed by atoms with Crippen molar-refractivity contribution in [2.75, 3.05) is 39.3 Å². The third-order valence-electron chi connectivity index (χ3n) is 3.78.